The number of fused-ring (bicyclic) bond motifs is 9. The largest absolute Gasteiger partial charge is 0.453 e. The second kappa shape index (κ2) is 10.6. The van der Waals surface area contributed by atoms with E-state index in [0.717, 1.165) is 50.1 Å². The van der Waals surface area contributed by atoms with Crippen molar-refractivity contribution >= 4 is 92.1 Å². The van der Waals surface area contributed by atoms with Crippen molar-refractivity contribution in [3.05, 3.63) is 163 Å². The Labute approximate surface area is 281 Å². The summed E-state index contributed by atoms with van der Waals surface area (Å²) in [6, 6.07) is 56.9. The van der Waals surface area contributed by atoms with Crippen LogP contribution in [0.25, 0.3) is 74.8 Å². The molecule has 0 fully saturated rings. The van der Waals surface area contributed by atoms with Gasteiger partial charge in [0.1, 0.15) is 5.58 Å². The highest BCUT2D eigenvalue weighted by Gasteiger charge is 2.24. The molecule has 8 aromatic carbocycles. The lowest BCUT2D eigenvalue weighted by atomic mass is 10.00. The molecule has 3 heteroatoms. The number of nitrogens with zero attached hydrogens (tertiary/aromatic N) is 1. The van der Waals surface area contributed by atoms with Gasteiger partial charge in [0.2, 0.25) is 0 Å². The van der Waals surface area contributed by atoms with E-state index in [-0.39, 0.29) is 0 Å². The van der Waals surface area contributed by atoms with Gasteiger partial charge in [0.25, 0.3) is 0 Å². The third kappa shape index (κ3) is 4.05. The first-order valence-electron chi connectivity index (χ1n) is 16.4. The van der Waals surface area contributed by atoms with Gasteiger partial charge in [0, 0.05) is 53.0 Å². The van der Waals surface area contributed by atoms with Crippen LogP contribution in [0.1, 0.15) is 5.56 Å². The van der Waals surface area contributed by atoms with Crippen molar-refractivity contribution < 1.29 is 4.42 Å². The molecule has 0 aliphatic rings. The number of furan rings is 1. The number of rotatable bonds is 4. The number of hydrogen-bond donors (Lipinski definition) is 0. The van der Waals surface area contributed by atoms with Crippen molar-refractivity contribution in [2.45, 2.75) is 6.92 Å². The Morgan fingerprint density at radius 3 is 1.94 bits per heavy atom. The maximum atomic E-state index is 7.00. The Hall–Kier alpha value is -5.90. The summed E-state index contributed by atoms with van der Waals surface area (Å²) in [5.74, 6) is 0. The van der Waals surface area contributed by atoms with Gasteiger partial charge in [-0.1, -0.05) is 127 Å². The number of para-hydroxylation sites is 3. The minimum atomic E-state index is 0.879. The molecule has 2 heterocycles. The van der Waals surface area contributed by atoms with Crippen LogP contribution in [-0.4, -0.2) is 0 Å². The Balaban J connectivity index is 1.32. The summed E-state index contributed by atoms with van der Waals surface area (Å²) in [6.07, 6.45) is 0. The fraction of sp³-hybridized carbons (Fsp3) is 0.0222. The van der Waals surface area contributed by atoms with E-state index in [1.54, 1.807) is 0 Å². The third-order valence-electron chi connectivity index (χ3n) is 9.75. The highest BCUT2D eigenvalue weighted by molar-refractivity contribution is 7.26. The smallest absolute Gasteiger partial charge is 0.159 e. The van der Waals surface area contributed by atoms with Gasteiger partial charge in [-0.05, 0) is 59.2 Å². The minimum absolute atomic E-state index is 0.879. The fourth-order valence-electron chi connectivity index (χ4n) is 7.48. The molecular formula is C45H29NOS. The highest BCUT2D eigenvalue weighted by atomic mass is 32.1. The van der Waals surface area contributed by atoms with Crippen LogP contribution < -0.4 is 4.90 Å². The molecule has 2 aromatic heterocycles. The topological polar surface area (TPSA) is 16.4 Å². The highest BCUT2D eigenvalue weighted by Crippen LogP contribution is 2.49. The van der Waals surface area contributed by atoms with E-state index < -0.39 is 0 Å². The molecule has 0 saturated heterocycles. The van der Waals surface area contributed by atoms with Gasteiger partial charge in [-0.15, -0.1) is 11.3 Å². The SMILES string of the molecule is Cc1ccccc1N(c1cc2c3cc4ccccc4cc3sc2c2ccccc12)c1cccc2c1oc1c(-c3ccccc3)cccc12. The maximum absolute atomic E-state index is 7.00. The quantitative estimate of drug-likeness (QED) is 0.192. The van der Waals surface area contributed by atoms with Crippen LogP contribution in [0.2, 0.25) is 0 Å². The van der Waals surface area contributed by atoms with E-state index in [9.17, 15) is 0 Å². The summed E-state index contributed by atoms with van der Waals surface area (Å²) in [7, 11) is 0. The molecule has 48 heavy (non-hydrogen) atoms. The van der Waals surface area contributed by atoms with Gasteiger partial charge in [0.15, 0.2) is 5.58 Å². The second-order valence-corrected chi connectivity index (χ2v) is 13.6. The number of thiophene rings is 1. The average molecular weight is 632 g/mol. The van der Waals surface area contributed by atoms with E-state index in [1.165, 1.54) is 47.3 Å². The van der Waals surface area contributed by atoms with Crippen molar-refractivity contribution in [3.8, 4) is 11.1 Å². The fourth-order valence-corrected chi connectivity index (χ4v) is 8.73. The van der Waals surface area contributed by atoms with Crippen LogP contribution in [0.15, 0.2) is 162 Å². The van der Waals surface area contributed by atoms with E-state index in [4.69, 9.17) is 4.42 Å². The molecule has 10 aromatic rings. The molecule has 0 saturated carbocycles. The predicted molar refractivity (Wildman–Crippen MR) is 206 cm³/mol. The Morgan fingerprint density at radius 1 is 0.458 bits per heavy atom. The van der Waals surface area contributed by atoms with Gasteiger partial charge in [-0.25, -0.2) is 0 Å². The van der Waals surface area contributed by atoms with Crippen molar-refractivity contribution in [3.63, 3.8) is 0 Å². The molecule has 0 amide bonds. The van der Waals surface area contributed by atoms with Crippen LogP contribution in [0.3, 0.4) is 0 Å². The van der Waals surface area contributed by atoms with Crippen molar-refractivity contribution in [1.29, 1.82) is 0 Å². The first-order valence-corrected chi connectivity index (χ1v) is 17.2. The molecular weight excluding hydrogens is 603 g/mol. The van der Waals surface area contributed by atoms with Gasteiger partial charge < -0.3 is 9.32 Å². The molecule has 2 nitrogen and oxygen atoms in total. The Morgan fingerprint density at radius 2 is 1.10 bits per heavy atom. The first kappa shape index (κ1) is 27.2. The van der Waals surface area contributed by atoms with Crippen LogP contribution in [0, 0.1) is 6.92 Å². The predicted octanol–water partition coefficient (Wildman–Crippen LogP) is 13.7. The zero-order valence-electron chi connectivity index (χ0n) is 26.3. The molecule has 10 rings (SSSR count). The molecule has 0 aliphatic heterocycles. The van der Waals surface area contributed by atoms with Crippen molar-refractivity contribution in [2.75, 3.05) is 4.90 Å². The molecule has 0 radical (unpaired) electrons. The molecule has 0 aliphatic carbocycles. The van der Waals surface area contributed by atoms with Crippen LogP contribution in [-0.2, 0) is 0 Å². The van der Waals surface area contributed by atoms with Gasteiger partial charge in [-0.2, -0.15) is 0 Å². The maximum Gasteiger partial charge on any atom is 0.159 e. The molecule has 0 N–H and O–H groups in total. The van der Waals surface area contributed by atoms with Crippen LogP contribution >= 0.6 is 11.3 Å². The summed E-state index contributed by atoms with van der Waals surface area (Å²) in [4.78, 5) is 2.43. The number of anilines is 3. The summed E-state index contributed by atoms with van der Waals surface area (Å²) in [5.41, 5.74) is 8.51. The monoisotopic (exact) mass is 631 g/mol. The number of aryl methyl sites for hydroxylation is 1. The van der Waals surface area contributed by atoms with Crippen molar-refractivity contribution in [2.24, 2.45) is 0 Å². The van der Waals surface area contributed by atoms with Gasteiger partial charge in [0.05, 0.1) is 11.4 Å². The van der Waals surface area contributed by atoms with E-state index in [0.29, 0.717) is 0 Å². The molecule has 0 unspecified atom stereocenters. The van der Waals surface area contributed by atoms with Crippen molar-refractivity contribution in [1.82, 2.24) is 0 Å². The first-order chi connectivity index (χ1) is 23.7. The molecule has 0 atom stereocenters. The Bertz CT molecular complexity index is 2860. The lowest BCUT2D eigenvalue weighted by Gasteiger charge is -2.28. The number of benzene rings is 8. The van der Waals surface area contributed by atoms with E-state index >= 15 is 0 Å². The lowest BCUT2D eigenvalue weighted by Crippen LogP contribution is -2.12. The standard InChI is InChI=1S/C45H29NOS/c1-28-13-5-10-23-39(28)46(40-24-12-22-35-34-21-11-20-32(43(34)47-44(35)40)29-14-3-2-4-15-29)41-27-38-37-25-30-16-6-7-17-31(30)26-42(37)48-45(38)36-19-9-8-18-33(36)41/h2-27H,1H3. The molecule has 0 bridgehead atoms. The normalized spacial score (nSPS) is 11.9. The average Bonchev–Trinajstić information content (AvgIpc) is 3.70. The summed E-state index contributed by atoms with van der Waals surface area (Å²) < 4.78 is 9.62. The summed E-state index contributed by atoms with van der Waals surface area (Å²) in [5, 5.41) is 9.80. The summed E-state index contributed by atoms with van der Waals surface area (Å²) >= 11 is 1.89. The lowest BCUT2D eigenvalue weighted by molar-refractivity contribution is 0.670. The van der Waals surface area contributed by atoms with Crippen LogP contribution in [0.4, 0.5) is 17.1 Å². The summed E-state index contributed by atoms with van der Waals surface area (Å²) in [6.45, 7) is 2.20. The van der Waals surface area contributed by atoms with Gasteiger partial charge in [-0.3, -0.25) is 0 Å². The third-order valence-corrected chi connectivity index (χ3v) is 11.0. The second-order valence-electron chi connectivity index (χ2n) is 12.5. The Kier molecular flexibility index (Phi) is 5.99. The zero-order valence-corrected chi connectivity index (χ0v) is 27.1. The van der Waals surface area contributed by atoms with E-state index in [1.807, 2.05) is 11.3 Å². The minimum Gasteiger partial charge on any atom is -0.453 e. The zero-order chi connectivity index (χ0) is 31.8. The number of hydrogen-bond acceptors (Lipinski definition) is 3. The molecule has 0 spiro atoms. The molecule has 226 valence electrons. The van der Waals surface area contributed by atoms with E-state index in [2.05, 4.69) is 170 Å². The van der Waals surface area contributed by atoms with Crippen LogP contribution in [0.5, 0.6) is 0 Å². The van der Waals surface area contributed by atoms with Gasteiger partial charge >= 0.3 is 0 Å².